The summed E-state index contributed by atoms with van der Waals surface area (Å²) in [6, 6.07) is 18.4. The molecule has 0 spiro atoms. The summed E-state index contributed by atoms with van der Waals surface area (Å²) in [5.41, 5.74) is 2.23. The van der Waals surface area contributed by atoms with Crippen LogP contribution in [0, 0.1) is 0 Å². The average molecular weight is 322 g/mol. The summed E-state index contributed by atoms with van der Waals surface area (Å²) < 4.78 is 1.91. The largest absolute Gasteiger partial charge is 0.284 e. The molecule has 0 N–H and O–H groups in total. The van der Waals surface area contributed by atoms with Gasteiger partial charge in [-0.3, -0.25) is 9.36 Å². The van der Waals surface area contributed by atoms with Gasteiger partial charge in [0.25, 0.3) is 5.56 Å². The molecule has 1 heterocycles. The van der Waals surface area contributed by atoms with Crippen molar-refractivity contribution >= 4 is 22.7 Å². The second kappa shape index (κ2) is 6.20. The minimum Gasteiger partial charge on any atom is -0.284 e. The first-order valence-corrected chi connectivity index (χ1v) is 8.99. The van der Waals surface area contributed by atoms with Crippen LogP contribution in [0.5, 0.6) is 0 Å². The van der Waals surface area contributed by atoms with Gasteiger partial charge >= 0.3 is 0 Å². The Kier molecular flexibility index (Phi) is 3.92. The minimum absolute atomic E-state index is 0.111. The van der Waals surface area contributed by atoms with Crippen molar-refractivity contribution in [3.63, 3.8) is 0 Å². The zero-order chi connectivity index (χ0) is 15.6. The molecule has 1 aromatic heterocycles. The van der Waals surface area contributed by atoms with Gasteiger partial charge in [0.2, 0.25) is 0 Å². The van der Waals surface area contributed by atoms with E-state index in [-0.39, 0.29) is 5.56 Å². The minimum atomic E-state index is 0.111. The number of nitrogens with zero attached hydrogens (tertiary/aromatic N) is 2. The van der Waals surface area contributed by atoms with Crippen molar-refractivity contribution in [1.82, 2.24) is 9.55 Å². The Balaban J connectivity index is 1.63. The van der Waals surface area contributed by atoms with Crippen LogP contribution in [0.3, 0.4) is 0 Å². The summed E-state index contributed by atoms with van der Waals surface area (Å²) in [5.74, 6) is 0.932. The van der Waals surface area contributed by atoms with Crippen LogP contribution in [0.25, 0.3) is 10.9 Å². The Morgan fingerprint density at radius 2 is 1.78 bits per heavy atom. The smallest absolute Gasteiger partial charge is 0.262 e. The first-order valence-electron chi connectivity index (χ1n) is 8.01. The lowest BCUT2D eigenvalue weighted by molar-refractivity contribution is 0.618. The third kappa shape index (κ3) is 3.04. The van der Waals surface area contributed by atoms with Gasteiger partial charge in [-0.25, -0.2) is 4.98 Å². The third-order valence-corrected chi connectivity index (χ3v) is 5.11. The molecule has 0 atom stereocenters. The predicted molar refractivity (Wildman–Crippen MR) is 95.1 cm³/mol. The van der Waals surface area contributed by atoms with Crippen LogP contribution in [-0.4, -0.2) is 15.3 Å². The zero-order valence-corrected chi connectivity index (χ0v) is 13.6. The highest BCUT2D eigenvalue weighted by Gasteiger charge is 2.28. The summed E-state index contributed by atoms with van der Waals surface area (Å²) in [6.45, 7) is 0. The SMILES string of the molecule is O=c1c2ccccc2nc(SCCc2ccccc2)n1C1CC1. The van der Waals surface area contributed by atoms with Crippen molar-refractivity contribution in [1.29, 1.82) is 0 Å². The Bertz CT molecular complexity index is 885. The topological polar surface area (TPSA) is 34.9 Å². The number of fused-ring (bicyclic) bond motifs is 1. The number of thioether (sulfide) groups is 1. The van der Waals surface area contributed by atoms with Crippen LogP contribution in [-0.2, 0) is 6.42 Å². The van der Waals surface area contributed by atoms with Gasteiger partial charge in [0, 0.05) is 11.8 Å². The van der Waals surface area contributed by atoms with E-state index in [1.165, 1.54) is 5.56 Å². The lowest BCUT2D eigenvalue weighted by Crippen LogP contribution is -2.22. The number of hydrogen-bond donors (Lipinski definition) is 0. The maximum atomic E-state index is 12.8. The number of aromatic nitrogens is 2. The van der Waals surface area contributed by atoms with E-state index in [1.807, 2.05) is 34.9 Å². The van der Waals surface area contributed by atoms with E-state index in [0.29, 0.717) is 6.04 Å². The Hall–Kier alpha value is -2.07. The van der Waals surface area contributed by atoms with Crippen LogP contribution < -0.4 is 5.56 Å². The molecule has 23 heavy (non-hydrogen) atoms. The molecule has 0 saturated heterocycles. The molecule has 0 amide bonds. The maximum absolute atomic E-state index is 12.8. The summed E-state index contributed by atoms with van der Waals surface area (Å²) in [6.07, 6.45) is 3.16. The molecule has 4 rings (SSSR count). The lowest BCUT2D eigenvalue weighted by atomic mass is 10.2. The molecule has 1 aliphatic rings. The highest BCUT2D eigenvalue weighted by atomic mass is 32.2. The summed E-state index contributed by atoms with van der Waals surface area (Å²) in [4.78, 5) is 17.5. The van der Waals surface area contributed by atoms with Crippen LogP contribution in [0.15, 0.2) is 64.5 Å². The molecule has 3 nitrogen and oxygen atoms in total. The van der Waals surface area contributed by atoms with Gasteiger partial charge in [0.1, 0.15) is 0 Å². The van der Waals surface area contributed by atoms with Gasteiger partial charge < -0.3 is 0 Å². The summed E-state index contributed by atoms with van der Waals surface area (Å²) >= 11 is 1.69. The zero-order valence-electron chi connectivity index (χ0n) is 12.8. The molecule has 116 valence electrons. The predicted octanol–water partition coefficient (Wildman–Crippen LogP) is 4.07. The van der Waals surface area contributed by atoms with Crippen molar-refractivity contribution in [2.75, 3.05) is 5.75 Å². The molecule has 0 bridgehead atoms. The van der Waals surface area contributed by atoms with Gasteiger partial charge in [-0.15, -0.1) is 0 Å². The van der Waals surface area contributed by atoms with Crippen LogP contribution in [0.4, 0.5) is 0 Å². The first kappa shape index (κ1) is 14.5. The fraction of sp³-hybridized carbons (Fsp3) is 0.263. The highest BCUT2D eigenvalue weighted by molar-refractivity contribution is 7.99. The highest BCUT2D eigenvalue weighted by Crippen LogP contribution is 2.36. The average Bonchev–Trinajstić information content (AvgIpc) is 3.41. The number of aryl methyl sites for hydroxylation is 1. The van der Waals surface area contributed by atoms with Crippen molar-refractivity contribution in [3.05, 3.63) is 70.5 Å². The molecule has 1 aliphatic carbocycles. The molecule has 3 aromatic rings. The van der Waals surface area contributed by atoms with E-state index in [9.17, 15) is 4.79 Å². The Morgan fingerprint density at radius 3 is 2.57 bits per heavy atom. The van der Waals surface area contributed by atoms with Gasteiger partial charge in [0.15, 0.2) is 5.16 Å². The van der Waals surface area contributed by atoms with Gasteiger partial charge in [0.05, 0.1) is 10.9 Å². The van der Waals surface area contributed by atoms with Crippen molar-refractivity contribution in [2.45, 2.75) is 30.5 Å². The first-order chi connectivity index (χ1) is 11.3. The van der Waals surface area contributed by atoms with Crippen molar-refractivity contribution in [3.8, 4) is 0 Å². The number of rotatable bonds is 5. The summed E-state index contributed by atoms with van der Waals surface area (Å²) in [7, 11) is 0. The van der Waals surface area contributed by atoms with Gasteiger partial charge in [-0.2, -0.15) is 0 Å². The van der Waals surface area contributed by atoms with E-state index in [1.54, 1.807) is 11.8 Å². The standard InChI is InChI=1S/C19H18N2OS/c22-18-16-8-4-5-9-17(16)20-19(21(18)15-10-11-15)23-13-12-14-6-2-1-3-7-14/h1-9,15H,10-13H2. The number of hydrogen-bond acceptors (Lipinski definition) is 3. The van der Waals surface area contributed by atoms with Crippen LogP contribution in [0.1, 0.15) is 24.4 Å². The van der Waals surface area contributed by atoms with E-state index < -0.39 is 0 Å². The monoisotopic (exact) mass is 322 g/mol. The summed E-state index contributed by atoms with van der Waals surface area (Å²) in [5, 5.41) is 1.60. The molecule has 0 aliphatic heterocycles. The quantitative estimate of drug-likeness (QED) is 0.525. The number of para-hydroxylation sites is 1. The van der Waals surface area contributed by atoms with Crippen molar-refractivity contribution < 1.29 is 0 Å². The molecule has 0 radical (unpaired) electrons. The fourth-order valence-corrected chi connectivity index (χ4v) is 3.84. The normalized spacial score (nSPS) is 14.3. The van der Waals surface area contributed by atoms with Crippen LogP contribution in [0.2, 0.25) is 0 Å². The number of benzene rings is 2. The fourth-order valence-electron chi connectivity index (χ4n) is 2.79. The molecule has 4 heteroatoms. The van der Waals surface area contributed by atoms with E-state index in [2.05, 4.69) is 24.3 Å². The van der Waals surface area contributed by atoms with Gasteiger partial charge in [-0.05, 0) is 37.0 Å². The molecule has 2 aromatic carbocycles. The molecular weight excluding hydrogens is 304 g/mol. The maximum Gasteiger partial charge on any atom is 0.262 e. The van der Waals surface area contributed by atoms with Crippen LogP contribution >= 0.6 is 11.8 Å². The molecular formula is C19H18N2OS. The Labute approximate surface area is 139 Å². The lowest BCUT2D eigenvalue weighted by Gasteiger charge is -2.12. The van der Waals surface area contributed by atoms with E-state index in [0.717, 1.165) is 41.1 Å². The second-order valence-corrected chi connectivity index (χ2v) is 6.96. The van der Waals surface area contributed by atoms with E-state index in [4.69, 9.17) is 4.98 Å². The van der Waals surface area contributed by atoms with Gasteiger partial charge in [-0.1, -0.05) is 54.2 Å². The van der Waals surface area contributed by atoms with Crippen molar-refractivity contribution in [2.24, 2.45) is 0 Å². The molecule has 1 fully saturated rings. The second-order valence-electron chi connectivity index (χ2n) is 5.90. The third-order valence-electron chi connectivity index (χ3n) is 4.15. The van der Waals surface area contributed by atoms with E-state index >= 15 is 0 Å². The molecule has 0 unspecified atom stereocenters. The Morgan fingerprint density at radius 1 is 1.04 bits per heavy atom. The molecule has 1 saturated carbocycles.